The average molecular weight is 580 g/mol. The van der Waals surface area contributed by atoms with Crippen molar-refractivity contribution in [2.45, 2.75) is 39.5 Å². The van der Waals surface area contributed by atoms with Crippen molar-refractivity contribution in [2.24, 2.45) is 0 Å². The van der Waals surface area contributed by atoms with Crippen LogP contribution in [0.3, 0.4) is 0 Å². The SMILES string of the molecule is CCN1CCN(Cc2ccc(Nc3nc4ccc(Oc5ccnc(NC(C)=O)c5)c5c4n3CC5)cc2C(F)(F)F)CC1. The van der Waals surface area contributed by atoms with E-state index in [2.05, 4.69) is 37.3 Å². The number of amides is 1. The number of ether oxygens (including phenoxy) is 1. The van der Waals surface area contributed by atoms with E-state index in [1.807, 2.05) is 16.7 Å². The summed E-state index contributed by atoms with van der Waals surface area (Å²) in [5.41, 5.74) is 2.55. The number of nitrogens with zero attached hydrogens (tertiary/aromatic N) is 5. The monoisotopic (exact) mass is 579 g/mol. The number of piperazine rings is 1. The number of alkyl halides is 3. The van der Waals surface area contributed by atoms with Gasteiger partial charge in [0.15, 0.2) is 0 Å². The summed E-state index contributed by atoms with van der Waals surface area (Å²) < 4.78 is 50.6. The van der Waals surface area contributed by atoms with Gasteiger partial charge in [-0.2, -0.15) is 13.2 Å². The van der Waals surface area contributed by atoms with Crippen LogP contribution >= 0.6 is 0 Å². The Kier molecular flexibility index (Phi) is 7.50. The van der Waals surface area contributed by atoms with E-state index < -0.39 is 11.7 Å². The maximum absolute atomic E-state index is 14.2. The number of hydrogen-bond acceptors (Lipinski definition) is 7. The summed E-state index contributed by atoms with van der Waals surface area (Å²) >= 11 is 0. The lowest BCUT2D eigenvalue weighted by molar-refractivity contribution is -0.138. The highest BCUT2D eigenvalue weighted by atomic mass is 19.4. The molecule has 1 saturated heterocycles. The van der Waals surface area contributed by atoms with E-state index in [1.54, 1.807) is 30.5 Å². The fourth-order valence-corrected chi connectivity index (χ4v) is 5.69. The number of carbonyl (C=O) groups excluding carboxylic acids is 1. The molecule has 12 heteroatoms. The molecule has 2 aliphatic rings. The molecule has 0 bridgehead atoms. The van der Waals surface area contributed by atoms with Gasteiger partial charge in [0.25, 0.3) is 0 Å². The molecule has 9 nitrogen and oxygen atoms in total. The van der Waals surface area contributed by atoms with Crippen LogP contribution < -0.4 is 15.4 Å². The molecular weight excluding hydrogens is 547 g/mol. The summed E-state index contributed by atoms with van der Waals surface area (Å²) in [5, 5.41) is 5.78. The molecule has 0 saturated carbocycles. The quantitative estimate of drug-likeness (QED) is 0.280. The number of halogens is 3. The maximum atomic E-state index is 14.2. The van der Waals surface area contributed by atoms with Gasteiger partial charge in [-0.25, -0.2) is 9.97 Å². The molecule has 1 amide bonds. The van der Waals surface area contributed by atoms with Crippen LogP contribution in [0.25, 0.3) is 11.0 Å². The lowest BCUT2D eigenvalue weighted by Crippen LogP contribution is -2.45. The van der Waals surface area contributed by atoms with Crippen LogP contribution in [-0.2, 0) is 30.5 Å². The third-order valence-electron chi connectivity index (χ3n) is 7.80. The maximum Gasteiger partial charge on any atom is 0.416 e. The van der Waals surface area contributed by atoms with E-state index in [0.29, 0.717) is 41.9 Å². The van der Waals surface area contributed by atoms with E-state index in [9.17, 15) is 18.0 Å². The van der Waals surface area contributed by atoms with Crippen molar-refractivity contribution in [1.29, 1.82) is 0 Å². The van der Waals surface area contributed by atoms with Crippen molar-refractivity contribution in [1.82, 2.24) is 24.3 Å². The second kappa shape index (κ2) is 11.3. The van der Waals surface area contributed by atoms with Gasteiger partial charge in [-0.05, 0) is 48.9 Å². The van der Waals surface area contributed by atoms with E-state index >= 15 is 0 Å². The third kappa shape index (κ3) is 5.77. The second-order valence-electron chi connectivity index (χ2n) is 10.6. The van der Waals surface area contributed by atoms with Crippen LogP contribution in [0, 0.1) is 0 Å². The Labute approximate surface area is 241 Å². The number of imidazole rings is 1. The minimum absolute atomic E-state index is 0.230. The minimum atomic E-state index is -4.47. The topological polar surface area (TPSA) is 87.6 Å². The zero-order valence-corrected chi connectivity index (χ0v) is 23.5. The van der Waals surface area contributed by atoms with Gasteiger partial charge in [-0.1, -0.05) is 13.0 Å². The van der Waals surface area contributed by atoms with E-state index in [1.165, 1.54) is 13.0 Å². The Bertz CT molecular complexity index is 1630. The number of likely N-dealkylation sites (N-methyl/N-ethyl adjacent to an activating group) is 1. The highest BCUT2D eigenvalue weighted by Gasteiger charge is 2.34. The average Bonchev–Trinajstić information content (AvgIpc) is 3.55. The van der Waals surface area contributed by atoms with Crippen molar-refractivity contribution in [3.05, 3.63) is 65.4 Å². The van der Waals surface area contributed by atoms with Crippen LogP contribution in [0.4, 0.5) is 30.6 Å². The predicted molar refractivity (Wildman–Crippen MR) is 154 cm³/mol. The third-order valence-corrected chi connectivity index (χ3v) is 7.80. The highest BCUT2D eigenvalue weighted by molar-refractivity contribution is 5.88. The Morgan fingerprint density at radius 1 is 1.02 bits per heavy atom. The van der Waals surface area contributed by atoms with Crippen LogP contribution in [0.15, 0.2) is 48.7 Å². The minimum Gasteiger partial charge on any atom is -0.457 e. The first-order valence-corrected chi connectivity index (χ1v) is 14.0. The molecule has 2 aromatic heterocycles. The van der Waals surface area contributed by atoms with E-state index in [4.69, 9.17) is 4.74 Å². The Balaban J connectivity index is 1.24. The van der Waals surface area contributed by atoms with Gasteiger partial charge in [0.1, 0.15) is 17.3 Å². The number of anilines is 3. The molecule has 42 heavy (non-hydrogen) atoms. The normalized spacial score (nSPS) is 15.7. The van der Waals surface area contributed by atoms with Crippen LogP contribution in [0.1, 0.15) is 30.5 Å². The van der Waals surface area contributed by atoms with Crippen LogP contribution in [0.2, 0.25) is 0 Å². The largest absolute Gasteiger partial charge is 0.457 e. The first-order chi connectivity index (χ1) is 20.2. The van der Waals surface area contributed by atoms with Crippen molar-refractivity contribution in [2.75, 3.05) is 43.4 Å². The van der Waals surface area contributed by atoms with Gasteiger partial charge < -0.3 is 24.8 Å². The molecule has 0 unspecified atom stereocenters. The summed E-state index contributed by atoms with van der Waals surface area (Å²) in [7, 11) is 0. The molecule has 6 rings (SSSR count). The van der Waals surface area contributed by atoms with Crippen molar-refractivity contribution >= 4 is 34.4 Å². The molecule has 4 heterocycles. The van der Waals surface area contributed by atoms with Crippen LogP contribution in [0.5, 0.6) is 11.5 Å². The molecule has 0 atom stereocenters. The fourth-order valence-electron chi connectivity index (χ4n) is 5.69. The smallest absolute Gasteiger partial charge is 0.416 e. The first-order valence-electron chi connectivity index (χ1n) is 14.0. The van der Waals surface area contributed by atoms with Gasteiger partial charge in [0.05, 0.1) is 16.6 Å². The zero-order valence-electron chi connectivity index (χ0n) is 23.5. The molecule has 4 aromatic rings. The lowest BCUT2D eigenvalue weighted by Gasteiger charge is -2.34. The standard InChI is InChI=1S/C30H32F3N7O2/c1-3-38-12-14-39(15-13-38)18-20-4-5-21(16-24(20)30(31,32)33)36-29-37-25-6-7-26(23-9-11-40(29)28(23)25)42-22-8-10-34-27(17-22)35-19(2)41/h4-8,10,16-17H,3,9,11-15,18H2,1-2H3,(H,36,37)(H,34,35,41). The van der Waals surface area contributed by atoms with Crippen molar-refractivity contribution in [3.63, 3.8) is 0 Å². The molecule has 0 aliphatic carbocycles. The first kappa shape index (κ1) is 28.0. The number of hydrogen-bond donors (Lipinski definition) is 2. The lowest BCUT2D eigenvalue weighted by atomic mass is 10.0. The van der Waals surface area contributed by atoms with E-state index in [0.717, 1.165) is 49.3 Å². The van der Waals surface area contributed by atoms with Gasteiger partial charge >= 0.3 is 6.18 Å². The predicted octanol–water partition coefficient (Wildman–Crippen LogP) is 5.64. The molecule has 0 spiro atoms. The molecule has 2 aliphatic heterocycles. The van der Waals surface area contributed by atoms with Gasteiger partial charge in [-0.3, -0.25) is 9.69 Å². The number of rotatable bonds is 8. The summed E-state index contributed by atoms with van der Waals surface area (Å²) in [6.07, 6.45) is -2.24. The Morgan fingerprint density at radius 3 is 2.55 bits per heavy atom. The number of aromatic nitrogens is 3. The van der Waals surface area contributed by atoms with Crippen molar-refractivity contribution in [3.8, 4) is 11.5 Å². The Morgan fingerprint density at radius 2 is 1.81 bits per heavy atom. The molecule has 0 radical (unpaired) electrons. The summed E-state index contributed by atoms with van der Waals surface area (Å²) in [6, 6.07) is 11.5. The highest BCUT2D eigenvalue weighted by Crippen LogP contribution is 2.39. The number of benzene rings is 2. The number of aryl methyl sites for hydroxylation is 2. The molecule has 220 valence electrons. The second-order valence-corrected chi connectivity index (χ2v) is 10.6. The number of carbonyl (C=O) groups is 1. The Hall–Kier alpha value is -4.16. The summed E-state index contributed by atoms with van der Waals surface area (Å²) in [6.45, 7) is 8.56. The van der Waals surface area contributed by atoms with Gasteiger partial charge in [0.2, 0.25) is 11.9 Å². The molecule has 2 aromatic carbocycles. The number of nitrogens with one attached hydrogen (secondary N) is 2. The molecule has 1 fully saturated rings. The van der Waals surface area contributed by atoms with Gasteiger partial charge in [-0.15, -0.1) is 0 Å². The zero-order chi connectivity index (χ0) is 29.4. The van der Waals surface area contributed by atoms with Crippen molar-refractivity contribution < 1.29 is 22.7 Å². The molecule has 2 N–H and O–H groups in total. The number of pyridine rings is 1. The molecular formula is C30H32F3N7O2. The summed E-state index contributed by atoms with van der Waals surface area (Å²) in [4.78, 5) is 24.6. The van der Waals surface area contributed by atoms with Gasteiger partial charge in [0, 0.05) is 69.7 Å². The van der Waals surface area contributed by atoms with E-state index in [-0.39, 0.29) is 18.0 Å². The fraction of sp³-hybridized carbons (Fsp3) is 0.367. The summed E-state index contributed by atoms with van der Waals surface area (Å²) in [5.74, 6) is 1.81. The van der Waals surface area contributed by atoms with Crippen LogP contribution in [-0.4, -0.2) is 63.0 Å².